The number of nitrogens with zero attached hydrogens (tertiary/aromatic N) is 1. The van der Waals surface area contributed by atoms with Crippen LogP contribution in [-0.2, 0) is 15.6 Å². The van der Waals surface area contributed by atoms with Crippen LogP contribution in [0, 0.1) is 0 Å². The molecule has 3 nitrogen and oxygen atoms in total. The Hall–Kier alpha value is -1.70. The molecule has 4 heteroatoms. The van der Waals surface area contributed by atoms with E-state index in [0.717, 1.165) is 11.3 Å². The van der Waals surface area contributed by atoms with Gasteiger partial charge in [0.05, 0.1) is 0 Å². The van der Waals surface area contributed by atoms with Gasteiger partial charge >= 0.3 is 0 Å². The van der Waals surface area contributed by atoms with Gasteiger partial charge in [-0.05, 0) is 33.3 Å². The molecule has 0 saturated carbocycles. The lowest BCUT2D eigenvalue weighted by molar-refractivity contribution is 0.0506. The highest BCUT2D eigenvalue weighted by molar-refractivity contribution is 7.56. The summed E-state index contributed by atoms with van der Waals surface area (Å²) in [6.07, 6.45) is 1.93. The van der Waals surface area contributed by atoms with E-state index in [1.54, 1.807) is 7.11 Å². The summed E-state index contributed by atoms with van der Waals surface area (Å²) in [4.78, 5) is 4.22. The van der Waals surface area contributed by atoms with E-state index in [9.17, 15) is 0 Å². The molecule has 1 unspecified atom stereocenters. The first-order chi connectivity index (χ1) is 13.1. The highest BCUT2D eigenvalue weighted by Gasteiger charge is 2.26. The SMILES string of the molecule is C/N=C/c1ccccc1Pc1cc(C(C)(C)C)cc(C(C)(C)C)c1OCOC. The van der Waals surface area contributed by atoms with E-state index in [1.165, 1.54) is 21.7 Å². The number of hydrogen-bond donors (Lipinski definition) is 0. The van der Waals surface area contributed by atoms with Gasteiger partial charge in [0.25, 0.3) is 0 Å². The molecule has 0 aliphatic rings. The molecule has 1 atom stereocenters. The summed E-state index contributed by atoms with van der Waals surface area (Å²) in [6, 6.07) is 13.0. The highest BCUT2D eigenvalue weighted by atomic mass is 31.1. The number of benzene rings is 2. The predicted octanol–water partition coefficient (Wildman–Crippen LogP) is 4.94. The van der Waals surface area contributed by atoms with E-state index in [2.05, 4.69) is 82.9 Å². The summed E-state index contributed by atoms with van der Waals surface area (Å²) in [7, 11) is 3.95. The average molecular weight is 400 g/mol. The first-order valence-electron chi connectivity index (χ1n) is 9.67. The lowest BCUT2D eigenvalue weighted by Crippen LogP contribution is -2.24. The fraction of sp³-hybridized carbons (Fsp3) is 0.458. The van der Waals surface area contributed by atoms with E-state index in [0.29, 0.717) is 8.58 Å². The second-order valence-electron chi connectivity index (χ2n) is 9.05. The number of hydrogen-bond acceptors (Lipinski definition) is 3. The molecule has 0 bridgehead atoms. The van der Waals surface area contributed by atoms with Crippen molar-refractivity contribution in [2.75, 3.05) is 21.0 Å². The van der Waals surface area contributed by atoms with Gasteiger partial charge in [-0.15, -0.1) is 0 Å². The van der Waals surface area contributed by atoms with Crippen molar-refractivity contribution in [1.82, 2.24) is 0 Å². The maximum atomic E-state index is 6.13. The summed E-state index contributed by atoms with van der Waals surface area (Å²) >= 11 is 0. The second-order valence-corrected chi connectivity index (χ2v) is 10.4. The minimum atomic E-state index is -0.0338. The fourth-order valence-corrected chi connectivity index (χ4v) is 4.30. The van der Waals surface area contributed by atoms with Crippen LogP contribution in [0.2, 0.25) is 0 Å². The van der Waals surface area contributed by atoms with Crippen LogP contribution in [0.3, 0.4) is 0 Å². The Kier molecular flexibility index (Phi) is 7.42. The Morgan fingerprint density at radius 3 is 2.21 bits per heavy atom. The standard InChI is InChI=1S/C24H34NO2P/c1-23(2,3)18-13-19(24(4,5)6)22(27-16-26-8)21(14-18)28-20-12-10-9-11-17(20)15-25-7/h9-15,28H,16H2,1-8H3/b25-15+. The molecule has 0 aliphatic carbocycles. The van der Waals surface area contributed by atoms with Gasteiger partial charge in [-0.2, -0.15) is 0 Å². The molecule has 0 spiro atoms. The van der Waals surface area contributed by atoms with Crippen molar-refractivity contribution in [3.8, 4) is 5.75 Å². The Morgan fingerprint density at radius 1 is 0.964 bits per heavy atom. The normalized spacial score (nSPS) is 13.0. The van der Waals surface area contributed by atoms with Crippen molar-refractivity contribution in [2.24, 2.45) is 4.99 Å². The van der Waals surface area contributed by atoms with Crippen LogP contribution in [0.25, 0.3) is 0 Å². The molecule has 0 aliphatic heterocycles. The monoisotopic (exact) mass is 399 g/mol. The lowest BCUT2D eigenvalue weighted by Gasteiger charge is -2.29. The third-order valence-electron chi connectivity index (χ3n) is 4.58. The van der Waals surface area contributed by atoms with Gasteiger partial charge in [0, 0.05) is 31.2 Å². The molecule has 0 aromatic heterocycles. The van der Waals surface area contributed by atoms with Crippen LogP contribution in [0.4, 0.5) is 0 Å². The first kappa shape index (κ1) is 22.6. The van der Waals surface area contributed by atoms with Gasteiger partial charge in [0.2, 0.25) is 0 Å². The first-order valence-corrected chi connectivity index (χ1v) is 10.7. The summed E-state index contributed by atoms with van der Waals surface area (Å²) in [5.74, 6) is 0.948. The van der Waals surface area contributed by atoms with Crippen LogP contribution in [0.5, 0.6) is 5.75 Å². The van der Waals surface area contributed by atoms with E-state index in [-0.39, 0.29) is 17.6 Å². The third-order valence-corrected chi connectivity index (χ3v) is 5.95. The minimum Gasteiger partial charge on any atom is -0.467 e. The molecular weight excluding hydrogens is 365 g/mol. The van der Waals surface area contributed by atoms with E-state index in [4.69, 9.17) is 9.47 Å². The van der Waals surface area contributed by atoms with Crippen LogP contribution in [-0.4, -0.2) is 27.2 Å². The van der Waals surface area contributed by atoms with Gasteiger partial charge in [0.15, 0.2) is 6.79 Å². The molecule has 0 fully saturated rings. The number of methoxy groups -OCH3 is 1. The molecule has 2 aromatic carbocycles. The van der Waals surface area contributed by atoms with Crippen molar-refractivity contribution >= 4 is 25.4 Å². The Bertz CT molecular complexity index is 829. The summed E-state index contributed by atoms with van der Waals surface area (Å²) < 4.78 is 11.4. The zero-order chi connectivity index (χ0) is 20.9. The van der Waals surface area contributed by atoms with E-state index < -0.39 is 0 Å². The Balaban J connectivity index is 2.69. The summed E-state index contributed by atoms with van der Waals surface area (Å²) in [6.45, 7) is 13.7. The van der Waals surface area contributed by atoms with Gasteiger partial charge in [-0.1, -0.05) is 80.5 Å². The summed E-state index contributed by atoms with van der Waals surface area (Å²) in [5, 5.41) is 2.48. The largest absolute Gasteiger partial charge is 0.467 e. The Morgan fingerprint density at radius 2 is 1.64 bits per heavy atom. The molecule has 0 N–H and O–H groups in total. The molecule has 152 valence electrons. The predicted molar refractivity (Wildman–Crippen MR) is 124 cm³/mol. The van der Waals surface area contributed by atoms with Crippen LogP contribution >= 0.6 is 8.58 Å². The minimum absolute atomic E-state index is 0.0338. The topological polar surface area (TPSA) is 30.8 Å². The van der Waals surface area contributed by atoms with Crippen molar-refractivity contribution in [2.45, 2.75) is 52.4 Å². The van der Waals surface area contributed by atoms with Crippen LogP contribution in [0.15, 0.2) is 41.4 Å². The smallest absolute Gasteiger partial charge is 0.188 e. The summed E-state index contributed by atoms with van der Waals surface area (Å²) in [5.41, 5.74) is 3.73. The molecular formula is C24H34NO2P. The van der Waals surface area contributed by atoms with Crippen molar-refractivity contribution in [1.29, 1.82) is 0 Å². The zero-order valence-corrected chi connectivity index (χ0v) is 19.5. The number of ether oxygens (including phenoxy) is 2. The van der Waals surface area contributed by atoms with Gasteiger partial charge < -0.3 is 9.47 Å². The van der Waals surface area contributed by atoms with Crippen molar-refractivity contribution < 1.29 is 9.47 Å². The molecule has 28 heavy (non-hydrogen) atoms. The lowest BCUT2D eigenvalue weighted by atomic mass is 9.80. The highest BCUT2D eigenvalue weighted by Crippen LogP contribution is 2.37. The maximum Gasteiger partial charge on any atom is 0.188 e. The van der Waals surface area contributed by atoms with Crippen LogP contribution in [0.1, 0.15) is 58.2 Å². The van der Waals surface area contributed by atoms with E-state index >= 15 is 0 Å². The zero-order valence-electron chi connectivity index (χ0n) is 18.5. The Labute approximate surface area is 172 Å². The van der Waals surface area contributed by atoms with Crippen molar-refractivity contribution in [3.63, 3.8) is 0 Å². The molecule has 0 radical (unpaired) electrons. The molecule has 2 aromatic rings. The van der Waals surface area contributed by atoms with E-state index in [1.807, 2.05) is 13.3 Å². The second kappa shape index (κ2) is 9.20. The molecule has 0 heterocycles. The quantitative estimate of drug-likeness (QED) is 0.391. The van der Waals surface area contributed by atoms with Crippen molar-refractivity contribution in [3.05, 3.63) is 53.1 Å². The molecule has 2 rings (SSSR count). The number of aliphatic imine (C=N–C) groups is 1. The maximum absolute atomic E-state index is 6.13. The molecule has 0 amide bonds. The van der Waals surface area contributed by atoms with Gasteiger partial charge in [0.1, 0.15) is 5.75 Å². The van der Waals surface area contributed by atoms with Crippen LogP contribution < -0.4 is 15.3 Å². The average Bonchev–Trinajstić information content (AvgIpc) is 2.60. The van der Waals surface area contributed by atoms with Gasteiger partial charge in [-0.3, -0.25) is 4.99 Å². The number of rotatable bonds is 6. The third kappa shape index (κ3) is 5.65. The molecule has 0 saturated heterocycles. The fourth-order valence-electron chi connectivity index (χ4n) is 2.99. The van der Waals surface area contributed by atoms with Gasteiger partial charge in [-0.25, -0.2) is 0 Å².